The molecule has 1 aromatic heterocycles. The van der Waals surface area contributed by atoms with Crippen LogP contribution in [0.5, 0.6) is 0 Å². The predicted molar refractivity (Wildman–Crippen MR) is 77.3 cm³/mol. The average Bonchev–Trinajstić information content (AvgIpc) is 2.84. The molecule has 0 aliphatic heterocycles. The normalized spacial score (nSPS) is 12.3. The summed E-state index contributed by atoms with van der Waals surface area (Å²) in [6.45, 7) is 0. The van der Waals surface area contributed by atoms with Crippen molar-refractivity contribution in [2.24, 2.45) is 10.3 Å². The number of carbonyl (C=O) groups excluding carboxylic acids is 1. The molecule has 0 aliphatic rings. The molecule has 8 nitrogen and oxygen atoms in total. The second-order valence-corrected chi connectivity index (χ2v) is 7.66. The van der Waals surface area contributed by atoms with Crippen LogP contribution in [-0.2, 0) is 20.0 Å². The van der Waals surface area contributed by atoms with Gasteiger partial charge in [0.05, 0.1) is 9.92 Å². The molecule has 11 heteroatoms. The molecular formula is C11H9ClN2O6S2. The smallest absolute Gasteiger partial charge is 0.239 e. The molecule has 0 radical (unpaired) electrons. The van der Waals surface area contributed by atoms with Gasteiger partial charge in [0.2, 0.25) is 20.0 Å². The standard InChI is InChI=1S/C11H9ClN2O6S2/c12-8-3-7(9-2-1-6(5-15)20-9)10(21(13,16)17)4-11(8)22(14,18)19/h1-5H,(H2,13,16,17)(H2,14,18,19). The van der Waals surface area contributed by atoms with E-state index in [1.165, 1.54) is 12.1 Å². The lowest BCUT2D eigenvalue weighted by molar-refractivity contribution is 0.110. The van der Waals surface area contributed by atoms with Gasteiger partial charge in [-0.2, -0.15) is 0 Å². The Morgan fingerprint density at radius 2 is 1.59 bits per heavy atom. The molecule has 0 spiro atoms. The molecule has 1 heterocycles. The Labute approximate surface area is 130 Å². The number of nitrogens with two attached hydrogens (primary N) is 2. The maximum atomic E-state index is 11.7. The van der Waals surface area contributed by atoms with Crippen molar-refractivity contribution in [2.45, 2.75) is 9.79 Å². The maximum Gasteiger partial charge on any atom is 0.239 e. The largest absolute Gasteiger partial charge is 0.453 e. The summed E-state index contributed by atoms with van der Waals surface area (Å²) < 4.78 is 51.3. The molecule has 0 aliphatic carbocycles. The minimum Gasteiger partial charge on any atom is -0.453 e. The molecule has 1 aromatic carbocycles. The van der Waals surface area contributed by atoms with Gasteiger partial charge in [-0.05, 0) is 24.3 Å². The van der Waals surface area contributed by atoms with Gasteiger partial charge >= 0.3 is 0 Å². The van der Waals surface area contributed by atoms with Crippen LogP contribution in [0.3, 0.4) is 0 Å². The van der Waals surface area contributed by atoms with Crippen LogP contribution in [0.15, 0.2) is 38.5 Å². The lowest BCUT2D eigenvalue weighted by Gasteiger charge is -2.09. The highest BCUT2D eigenvalue weighted by Gasteiger charge is 2.24. The molecule has 0 bridgehead atoms. The van der Waals surface area contributed by atoms with Crippen molar-refractivity contribution in [2.75, 3.05) is 0 Å². The zero-order valence-corrected chi connectivity index (χ0v) is 13.1. The quantitative estimate of drug-likeness (QED) is 0.762. The molecular weight excluding hydrogens is 356 g/mol. The summed E-state index contributed by atoms with van der Waals surface area (Å²) in [7, 11) is -8.56. The number of carbonyl (C=O) groups is 1. The van der Waals surface area contributed by atoms with Gasteiger partial charge < -0.3 is 4.42 Å². The third kappa shape index (κ3) is 3.20. The second-order valence-electron chi connectivity index (χ2n) is 4.19. The zero-order chi connectivity index (χ0) is 16.7. The highest BCUT2D eigenvalue weighted by atomic mass is 35.5. The minimum absolute atomic E-state index is 0.0194. The number of rotatable bonds is 4. The summed E-state index contributed by atoms with van der Waals surface area (Å²) in [4.78, 5) is 9.49. The van der Waals surface area contributed by atoms with Gasteiger partial charge in [0.1, 0.15) is 10.7 Å². The number of aldehydes is 1. The summed E-state index contributed by atoms with van der Waals surface area (Å²) in [5.41, 5.74) is -0.0898. The fourth-order valence-corrected chi connectivity index (χ4v) is 3.66. The Hall–Kier alpha value is -1.72. The fraction of sp³-hybridized carbons (Fsp3) is 0. The minimum atomic E-state index is -4.31. The van der Waals surface area contributed by atoms with E-state index in [0.717, 1.165) is 12.1 Å². The molecule has 0 fully saturated rings. The monoisotopic (exact) mass is 364 g/mol. The first-order valence-electron chi connectivity index (χ1n) is 5.48. The number of hydrogen-bond acceptors (Lipinski definition) is 6. The van der Waals surface area contributed by atoms with Gasteiger partial charge in [0.25, 0.3) is 0 Å². The van der Waals surface area contributed by atoms with Crippen LogP contribution in [0.25, 0.3) is 11.3 Å². The van der Waals surface area contributed by atoms with E-state index in [9.17, 15) is 21.6 Å². The number of hydrogen-bond donors (Lipinski definition) is 2. The van der Waals surface area contributed by atoms with Crippen molar-refractivity contribution in [3.63, 3.8) is 0 Å². The van der Waals surface area contributed by atoms with E-state index >= 15 is 0 Å². The van der Waals surface area contributed by atoms with Crippen LogP contribution in [0.2, 0.25) is 5.02 Å². The van der Waals surface area contributed by atoms with E-state index in [2.05, 4.69) is 0 Å². The van der Waals surface area contributed by atoms with E-state index in [1.807, 2.05) is 0 Å². The summed E-state index contributed by atoms with van der Waals surface area (Å²) in [5.74, 6) is -0.0731. The third-order valence-electron chi connectivity index (χ3n) is 2.66. The highest BCUT2D eigenvalue weighted by molar-refractivity contribution is 7.90. The molecule has 0 atom stereocenters. The SMILES string of the molecule is NS(=O)(=O)c1cc(S(N)(=O)=O)c(-c2ccc(C=O)o2)cc1Cl. The lowest BCUT2D eigenvalue weighted by atomic mass is 10.2. The summed E-state index contributed by atoms with van der Waals surface area (Å²) >= 11 is 5.82. The van der Waals surface area contributed by atoms with Crippen molar-refractivity contribution in [1.82, 2.24) is 0 Å². The molecule has 0 amide bonds. The maximum absolute atomic E-state index is 11.7. The first-order valence-corrected chi connectivity index (χ1v) is 8.95. The Balaban J connectivity index is 2.84. The predicted octanol–water partition coefficient (Wildman–Crippen LogP) is 0.707. The van der Waals surface area contributed by atoms with Crippen molar-refractivity contribution in [3.05, 3.63) is 35.0 Å². The van der Waals surface area contributed by atoms with E-state index < -0.39 is 29.8 Å². The average molecular weight is 365 g/mol. The first-order chi connectivity index (χ1) is 10.0. The molecule has 2 rings (SSSR count). The zero-order valence-electron chi connectivity index (χ0n) is 10.7. The van der Waals surface area contributed by atoms with Crippen LogP contribution >= 0.6 is 11.6 Å². The number of benzene rings is 1. The molecule has 0 saturated carbocycles. The van der Waals surface area contributed by atoms with Gasteiger partial charge in [-0.1, -0.05) is 11.6 Å². The van der Waals surface area contributed by atoms with E-state index in [0.29, 0.717) is 6.29 Å². The number of sulfonamides is 2. The Bertz CT molecular complexity index is 962. The van der Waals surface area contributed by atoms with Gasteiger partial charge in [-0.15, -0.1) is 0 Å². The van der Waals surface area contributed by atoms with E-state index in [1.54, 1.807) is 0 Å². The topological polar surface area (TPSA) is 151 Å². The second kappa shape index (κ2) is 5.48. The first kappa shape index (κ1) is 16.6. The number of primary sulfonamides is 2. The summed E-state index contributed by atoms with van der Waals surface area (Å²) in [6.07, 6.45) is 0.417. The lowest BCUT2D eigenvalue weighted by Crippen LogP contribution is -2.17. The van der Waals surface area contributed by atoms with Crippen LogP contribution < -0.4 is 10.3 Å². The molecule has 0 unspecified atom stereocenters. The van der Waals surface area contributed by atoms with Gasteiger partial charge in [0.15, 0.2) is 12.0 Å². The fourth-order valence-electron chi connectivity index (χ4n) is 1.74. The Morgan fingerprint density at radius 3 is 2.05 bits per heavy atom. The van der Waals surface area contributed by atoms with Gasteiger partial charge in [-0.25, -0.2) is 27.1 Å². The van der Waals surface area contributed by atoms with Crippen LogP contribution in [0, 0.1) is 0 Å². The van der Waals surface area contributed by atoms with Gasteiger partial charge in [0, 0.05) is 5.56 Å². The Morgan fingerprint density at radius 1 is 1.00 bits per heavy atom. The Kier molecular flexibility index (Phi) is 4.15. The molecule has 118 valence electrons. The van der Waals surface area contributed by atoms with Gasteiger partial charge in [-0.3, -0.25) is 4.79 Å². The summed E-state index contributed by atoms with van der Waals surface area (Å²) in [6, 6.07) is 4.40. The molecule has 2 aromatic rings. The highest BCUT2D eigenvalue weighted by Crippen LogP contribution is 2.34. The van der Waals surface area contributed by atoms with Crippen LogP contribution in [0.4, 0.5) is 0 Å². The summed E-state index contributed by atoms with van der Waals surface area (Å²) in [5, 5.41) is 9.73. The third-order valence-corrected chi connectivity index (χ3v) is 4.98. The van der Waals surface area contributed by atoms with Crippen molar-refractivity contribution >= 4 is 37.9 Å². The molecule has 22 heavy (non-hydrogen) atoms. The number of furan rings is 1. The van der Waals surface area contributed by atoms with Crippen molar-refractivity contribution in [3.8, 4) is 11.3 Å². The van der Waals surface area contributed by atoms with Crippen LogP contribution in [0.1, 0.15) is 10.6 Å². The van der Waals surface area contributed by atoms with E-state index in [-0.39, 0.29) is 22.1 Å². The molecule has 0 saturated heterocycles. The van der Waals surface area contributed by atoms with E-state index in [4.69, 9.17) is 26.3 Å². The van der Waals surface area contributed by atoms with Crippen molar-refractivity contribution in [1.29, 1.82) is 0 Å². The van der Waals surface area contributed by atoms with Crippen LogP contribution in [-0.4, -0.2) is 23.1 Å². The molecule has 4 N–H and O–H groups in total. The number of halogens is 1. The van der Waals surface area contributed by atoms with Crippen molar-refractivity contribution < 1.29 is 26.0 Å².